The highest BCUT2D eigenvalue weighted by atomic mass is 32.2. The van der Waals surface area contributed by atoms with E-state index in [4.69, 9.17) is 5.11 Å². The quantitative estimate of drug-likeness (QED) is 0.862. The molecule has 1 aliphatic carbocycles. The van der Waals surface area contributed by atoms with Crippen molar-refractivity contribution in [2.75, 3.05) is 10.5 Å². The number of hydrogen-bond donors (Lipinski definition) is 2. The Hall–Kier alpha value is -1.56. The van der Waals surface area contributed by atoms with Crippen molar-refractivity contribution >= 4 is 21.7 Å². The highest BCUT2D eigenvalue weighted by Gasteiger charge is 2.18. The molecule has 5 nitrogen and oxygen atoms in total. The molecule has 0 amide bonds. The number of nitrogens with one attached hydrogen (secondary N) is 1. The number of aryl methyl sites for hydroxylation is 1. The first-order valence-corrected chi connectivity index (χ1v) is 7.96. The maximum atomic E-state index is 11.8. The molecule has 2 rings (SSSR count). The average molecular weight is 283 g/mol. The molecule has 104 valence electrons. The molecular formula is C13H17NO4S. The number of sulfonamides is 1. The van der Waals surface area contributed by atoms with Crippen LogP contribution >= 0.6 is 0 Å². The van der Waals surface area contributed by atoms with Crippen molar-refractivity contribution in [3.05, 3.63) is 29.3 Å². The lowest BCUT2D eigenvalue weighted by molar-refractivity contribution is -0.136. The van der Waals surface area contributed by atoms with Gasteiger partial charge in [0, 0.05) is 0 Å². The molecule has 0 radical (unpaired) electrons. The van der Waals surface area contributed by atoms with Crippen LogP contribution in [0.5, 0.6) is 0 Å². The smallest absolute Gasteiger partial charge is 0.304 e. The topological polar surface area (TPSA) is 83.5 Å². The van der Waals surface area contributed by atoms with Crippen LogP contribution in [0.1, 0.15) is 30.4 Å². The van der Waals surface area contributed by atoms with Gasteiger partial charge >= 0.3 is 5.97 Å². The zero-order valence-corrected chi connectivity index (χ0v) is 11.4. The Balaban J connectivity index is 2.17. The van der Waals surface area contributed by atoms with Gasteiger partial charge in [-0.1, -0.05) is 12.1 Å². The van der Waals surface area contributed by atoms with Gasteiger partial charge in [-0.05, 0) is 42.9 Å². The van der Waals surface area contributed by atoms with Gasteiger partial charge in [0.15, 0.2) is 0 Å². The standard InChI is InChI=1S/C13H17NO4S/c15-13(16)8-9-19(17,18)14-12-7-3-5-10-4-1-2-6-11(10)12/h3,5,7,14H,1-2,4,6,8-9H2,(H,15,16). The fourth-order valence-corrected chi connectivity index (χ4v) is 3.39. The van der Waals surface area contributed by atoms with E-state index in [-0.39, 0.29) is 6.42 Å². The fraction of sp³-hybridized carbons (Fsp3) is 0.462. The molecule has 0 aliphatic heterocycles. The number of carbonyl (C=O) groups is 1. The maximum Gasteiger partial charge on any atom is 0.304 e. The van der Waals surface area contributed by atoms with Crippen molar-refractivity contribution in [1.82, 2.24) is 0 Å². The number of anilines is 1. The monoisotopic (exact) mass is 283 g/mol. The minimum absolute atomic E-state index is 0.385. The van der Waals surface area contributed by atoms with E-state index in [1.807, 2.05) is 12.1 Å². The molecular weight excluding hydrogens is 266 g/mol. The Morgan fingerprint density at radius 1 is 1.26 bits per heavy atom. The second-order valence-electron chi connectivity index (χ2n) is 4.72. The largest absolute Gasteiger partial charge is 0.481 e. The second kappa shape index (κ2) is 5.61. The van der Waals surface area contributed by atoms with Crippen molar-refractivity contribution in [1.29, 1.82) is 0 Å². The van der Waals surface area contributed by atoms with Crippen LogP contribution < -0.4 is 4.72 Å². The Morgan fingerprint density at radius 2 is 2.00 bits per heavy atom. The maximum absolute atomic E-state index is 11.8. The van der Waals surface area contributed by atoms with E-state index in [1.54, 1.807) is 6.07 Å². The van der Waals surface area contributed by atoms with Gasteiger partial charge in [0.1, 0.15) is 0 Å². The van der Waals surface area contributed by atoms with E-state index in [9.17, 15) is 13.2 Å². The normalized spacial score (nSPS) is 14.7. The first-order chi connectivity index (χ1) is 8.98. The summed E-state index contributed by atoms with van der Waals surface area (Å²) in [5, 5.41) is 8.54. The average Bonchev–Trinajstić information content (AvgIpc) is 2.37. The highest BCUT2D eigenvalue weighted by molar-refractivity contribution is 7.92. The zero-order chi connectivity index (χ0) is 13.9. The molecule has 0 heterocycles. The summed E-state index contributed by atoms with van der Waals surface area (Å²) < 4.78 is 26.1. The number of hydrogen-bond acceptors (Lipinski definition) is 3. The molecule has 2 N–H and O–H groups in total. The minimum atomic E-state index is -3.59. The van der Waals surface area contributed by atoms with Gasteiger partial charge in [-0.25, -0.2) is 8.42 Å². The van der Waals surface area contributed by atoms with Crippen LogP contribution in [0.3, 0.4) is 0 Å². The van der Waals surface area contributed by atoms with Crippen molar-refractivity contribution in [2.24, 2.45) is 0 Å². The fourth-order valence-electron chi connectivity index (χ4n) is 2.32. The molecule has 0 fully saturated rings. The molecule has 0 bridgehead atoms. The first-order valence-electron chi connectivity index (χ1n) is 6.31. The van der Waals surface area contributed by atoms with E-state index < -0.39 is 21.7 Å². The molecule has 19 heavy (non-hydrogen) atoms. The molecule has 0 unspecified atom stereocenters. The molecule has 0 atom stereocenters. The van der Waals surface area contributed by atoms with Crippen LogP contribution in [0.4, 0.5) is 5.69 Å². The van der Waals surface area contributed by atoms with Crippen LogP contribution in [-0.4, -0.2) is 25.2 Å². The van der Waals surface area contributed by atoms with Gasteiger partial charge in [-0.2, -0.15) is 0 Å². The van der Waals surface area contributed by atoms with E-state index in [1.165, 1.54) is 5.56 Å². The molecule has 0 saturated heterocycles. The lowest BCUT2D eigenvalue weighted by Crippen LogP contribution is -2.20. The third-order valence-electron chi connectivity index (χ3n) is 3.25. The predicted molar refractivity (Wildman–Crippen MR) is 72.7 cm³/mol. The highest BCUT2D eigenvalue weighted by Crippen LogP contribution is 2.28. The third kappa shape index (κ3) is 3.70. The Morgan fingerprint density at radius 3 is 2.74 bits per heavy atom. The molecule has 1 aromatic carbocycles. The van der Waals surface area contributed by atoms with Gasteiger partial charge in [0.05, 0.1) is 17.9 Å². The molecule has 0 spiro atoms. The lowest BCUT2D eigenvalue weighted by Gasteiger charge is -2.19. The summed E-state index contributed by atoms with van der Waals surface area (Å²) in [7, 11) is -3.59. The summed E-state index contributed by atoms with van der Waals surface area (Å²) in [5.41, 5.74) is 2.83. The van der Waals surface area contributed by atoms with Crippen LogP contribution in [0.2, 0.25) is 0 Å². The van der Waals surface area contributed by atoms with Crippen LogP contribution in [-0.2, 0) is 27.7 Å². The predicted octanol–water partition coefficient (Wildman–Crippen LogP) is 1.78. The molecule has 0 aromatic heterocycles. The number of carboxylic acids is 1. The van der Waals surface area contributed by atoms with Gasteiger partial charge < -0.3 is 5.11 Å². The van der Waals surface area contributed by atoms with Crippen molar-refractivity contribution in [3.8, 4) is 0 Å². The molecule has 1 aliphatic rings. The van der Waals surface area contributed by atoms with Crippen LogP contribution in [0.15, 0.2) is 18.2 Å². The first kappa shape index (κ1) is 13.9. The van der Waals surface area contributed by atoms with Gasteiger partial charge in [0.25, 0.3) is 0 Å². The summed E-state index contributed by atoms with van der Waals surface area (Å²) in [6.07, 6.45) is 3.64. The van der Waals surface area contributed by atoms with Gasteiger partial charge in [0.2, 0.25) is 10.0 Å². The van der Waals surface area contributed by atoms with Crippen molar-refractivity contribution in [2.45, 2.75) is 32.1 Å². The van der Waals surface area contributed by atoms with Crippen LogP contribution in [0.25, 0.3) is 0 Å². The SMILES string of the molecule is O=C(O)CCS(=O)(=O)Nc1cccc2c1CCCC2. The van der Waals surface area contributed by atoms with E-state index >= 15 is 0 Å². The summed E-state index contributed by atoms with van der Waals surface area (Å²) >= 11 is 0. The summed E-state index contributed by atoms with van der Waals surface area (Å²) in [6.45, 7) is 0. The molecule has 0 saturated carbocycles. The van der Waals surface area contributed by atoms with Crippen molar-refractivity contribution in [3.63, 3.8) is 0 Å². The van der Waals surface area contributed by atoms with Gasteiger partial charge in [-0.15, -0.1) is 0 Å². The van der Waals surface area contributed by atoms with Crippen LogP contribution in [0, 0.1) is 0 Å². The number of carboxylic acid groups (broad SMARTS) is 1. The Bertz CT molecular complexity index is 580. The third-order valence-corrected chi connectivity index (χ3v) is 4.52. The summed E-state index contributed by atoms with van der Waals surface area (Å²) in [4.78, 5) is 10.4. The minimum Gasteiger partial charge on any atom is -0.481 e. The number of benzene rings is 1. The number of fused-ring (bicyclic) bond motifs is 1. The second-order valence-corrected chi connectivity index (χ2v) is 6.56. The van der Waals surface area contributed by atoms with Gasteiger partial charge in [-0.3, -0.25) is 9.52 Å². The Labute approximate surface area is 112 Å². The lowest BCUT2D eigenvalue weighted by atomic mass is 9.91. The molecule has 1 aromatic rings. The van der Waals surface area contributed by atoms with E-state index in [2.05, 4.69) is 4.72 Å². The Kier molecular flexibility index (Phi) is 4.09. The van der Waals surface area contributed by atoms with E-state index in [0.29, 0.717) is 5.69 Å². The van der Waals surface area contributed by atoms with E-state index in [0.717, 1.165) is 31.2 Å². The molecule has 6 heteroatoms. The number of aliphatic carboxylic acids is 1. The number of rotatable bonds is 5. The summed E-state index contributed by atoms with van der Waals surface area (Å²) in [6, 6.07) is 5.59. The summed E-state index contributed by atoms with van der Waals surface area (Å²) in [5.74, 6) is -1.51. The van der Waals surface area contributed by atoms with Crippen molar-refractivity contribution < 1.29 is 18.3 Å². The zero-order valence-electron chi connectivity index (χ0n) is 10.6.